The molecule has 1 saturated heterocycles. The first-order valence-electron chi connectivity index (χ1n) is 7.90. The highest BCUT2D eigenvalue weighted by Crippen LogP contribution is 2.36. The van der Waals surface area contributed by atoms with E-state index in [0.717, 1.165) is 5.52 Å². The van der Waals surface area contributed by atoms with Crippen LogP contribution in [0.25, 0.3) is 10.9 Å². The molecule has 1 aliphatic rings. The Bertz CT molecular complexity index is 609. The standard InChI is InChI=1S/C18H25N3/c1-18(2,21-12-4-5-13-21)17(19-3)15-8-6-10-16-14(15)9-7-11-20-16/h6-11,17,19H,4-5,12-13H2,1-3H3. The maximum atomic E-state index is 4.50. The summed E-state index contributed by atoms with van der Waals surface area (Å²) < 4.78 is 0. The zero-order valence-corrected chi connectivity index (χ0v) is 13.3. The van der Waals surface area contributed by atoms with Crippen LogP contribution in [0.5, 0.6) is 0 Å². The molecule has 0 amide bonds. The second-order valence-corrected chi connectivity index (χ2v) is 6.49. The number of nitrogens with zero attached hydrogens (tertiary/aromatic N) is 2. The van der Waals surface area contributed by atoms with E-state index >= 15 is 0 Å². The van der Waals surface area contributed by atoms with Crippen LogP contribution in [0.4, 0.5) is 0 Å². The topological polar surface area (TPSA) is 28.2 Å². The number of aromatic nitrogens is 1. The van der Waals surface area contributed by atoms with E-state index in [1.807, 2.05) is 12.3 Å². The highest BCUT2D eigenvalue weighted by molar-refractivity contribution is 5.82. The third kappa shape index (κ3) is 2.56. The Morgan fingerprint density at radius 1 is 1.14 bits per heavy atom. The van der Waals surface area contributed by atoms with E-state index in [-0.39, 0.29) is 5.54 Å². The third-order valence-corrected chi connectivity index (χ3v) is 4.91. The lowest BCUT2D eigenvalue weighted by atomic mass is 9.85. The summed E-state index contributed by atoms with van der Waals surface area (Å²) in [6.45, 7) is 7.12. The molecule has 112 valence electrons. The summed E-state index contributed by atoms with van der Waals surface area (Å²) >= 11 is 0. The molecule has 2 heterocycles. The summed E-state index contributed by atoms with van der Waals surface area (Å²) in [5, 5.41) is 4.81. The van der Waals surface area contributed by atoms with Gasteiger partial charge in [-0.3, -0.25) is 9.88 Å². The van der Waals surface area contributed by atoms with Gasteiger partial charge in [-0.05, 0) is 64.5 Å². The molecule has 0 radical (unpaired) electrons. The van der Waals surface area contributed by atoms with Gasteiger partial charge in [0, 0.05) is 17.1 Å². The minimum absolute atomic E-state index is 0.0926. The maximum absolute atomic E-state index is 4.50. The van der Waals surface area contributed by atoms with Gasteiger partial charge in [-0.1, -0.05) is 18.2 Å². The van der Waals surface area contributed by atoms with Gasteiger partial charge in [0.05, 0.1) is 11.6 Å². The Balaban J connectivity index is 2.05. The summed E-state index contributed by atoms with van der Waals surface area (Å²) in [5.74, 6) is 0. The fraction of sp³-hybridized carbons (Fsp3) is 0.500. The molecule has 3 heteroatoms. The van der Waals surface area contributed by atoms with Crippen LogP contribution in [0.3, 0.4) is 0 Å². The summed E-state index contributed by atoms with van der Waals surface area (Å²) in [4.78, 5) is 7.11. The van der Waals surface area contributed by atoms with Crippen LogP contribution < -0.4 is 5.32 Å². The number of rotatable bonds is 4. The number of nitrogens with one attached hydrogen (secondary N) is 1. The Morgan fingerprint density at radius 3 is 2.62 bits per heavy atom. The smallest absolute Gasteiger partial charge is 0.0705 e. The summed E-state index contributed by atoms with van der Waals surface area (Å²) in [6, 6.07) is 11.0. The highest BCUT2D eigenvalue weighted by Gasteiger charge is 2.37. The predicted octanol–water partition coefficient (Wildman–Crippen LogP) is 3.37. The summed E-state index contributed by atoms with van der Waals surface area (Å²) in [6.07, 6.45) is 4.50. The average molecular weight is 283 g/mol. The molecule has 0 saturated carbocycles. The van der Waals surface area contributed by atoms with Gasteiger partial charge in [-0.25, -0.2) is 0 Å². The first kappa shape index (κ1) is 14.5. The predicted molar refractivity (Wildman–Crippen MR) is 88.4 cm³/mol. The lowest BCUT2D eigenvalue weighted by Gasteiger charge is -2.42. The molecule has 0 aliphatic carbocycles. The maximum Gasteiger partial charge on any atom is 0.0705 e. The van der Waals surface area contributed by atoms with Gasteiger partial charge >= 0.3 is 0 Å². The number of hydrogen-bond acceptors (Lipinski definition) is 3. The molecule has 0 spiro atoms. The van der Waals surface area contributed by atoms with E-state index < -0.39 is 0 Å². The Hall–Kier alpha value is -1.45. The Labute approximate surface area is 127 Å². The van der Waals surface area contributed by atoms with Gasteiger partial charge in [-0.15, -0.1) is 0 Å². The molecule has 21 heavy (non-hydrogen) atoms. The number of likely N-dealkylation sites (tertiary alicyclic amines) is 1. The van der Waals surface area contributed by atoms with E-state index in [2.05, 4.69) is 60.4 Å². The molecule has 1 aromatic heterocycles. The van der Waals surface area contributed by atoms with Crippen LogP contribution >= 0.6 is 0 Å². The molecule has 1 unspecified atom stereocenters. The van der Waals surface area contributed by atoms with E-state index in [4.69, 9.17) is 0 Å². The van der Waals surface area contributed by atoms with Crippen molar-refractivity contribution >= 4 is 10.9 Å². The van der Waals surface area contributed by atoms with Crippen molar-refractivity contribution in [1.29, 1.82) is 0 Å². The fourth-order valence-corrected chi connectivity index (χ4v) is 3.74. The minimum atomic E-state index is 0.0926. The van der Waals surface area contributed by atoms with Gasteiger partial charge < -0.3 is 5.32 Å². The van der Waals surface area contributed by atoms with Crippen molar-refractivity contribution < 1.29 is 0 Å². The molecule has 0 bridgehead atoms. The number of hydrogen-bond donors (Lipinski definition) is 1. The number of pyridine rings is 1. The van der Waals surface area contributed by atoms with Crippen molar-refractivity contribution in [3.8, 4) is 0 Å². The van der Waals surface area contributed by atoms with Crippen LogP contribution in [0.2, 0.25) is 0 Å². The molecule has 2 aromatic rings. The van der Waals surface area contributed by atoms with Crippen LogP contribution in [0.1, 0.15) is 38.3 Å². The number of benzene rings is 1. The number of likely N-dealkylation sites (N-methyl/N-ethyl adjacent to an activating group) is 1. The van der Waals surface area contributed by atoms with Crippen LogP contribution in [0, 0.1) is 0 Å². The molecule has 1 fully saturated rings. The van der Waals surface area contributed by atoms with Gasteiger partial charge in [-0.2, -0.15) is 0 Å². The first-order valence-corrected chi connectivity index (χ1v) is 7.90. The van der Waals surface area contributed by atoms with Crippen LogP contribution in [-0.4, -0.2) is 35.6 Å². The van der Waals surface area contributed by atoms with E-state index in [1.54, 1.807) is 0 Å². The molecule has 1 N–H and O–H groups in total. The van der Waals surface area contributed by atoms with Gasteiger partial charge in [0.2, 0.25) is 0 Å². The van der Waals surface area contributed by atoms with Gasteiger partial charge in [0.25, 0.3) is 0 Å². The van der Waals surface area contributed by atoms with Crippen LogP contribution in [0.15, 0.2) is 36.5 Å². The van der Waals surface area contributed by atoms with Crippen molar-refractivity contribution in [3.05, 3.63) is 42.1 Å². The number of fused-ring (bicyclic) bond motifs is 1. The fourth-order valence-electron chi connectivity index (χ4n) is 3.74. The van der Waals surface area contributed by atoms with Gasteiger partial charge in [0.1, 0.15) is 0 Å². The lowest BCUT2D eigenvalue weighted by Crippen LogP contribution is -2.50. The monoisotopic (exact) mass is 283 g/mol. The van der Waals surface area contributed by atoms with Crippen molar-refractivity contribution in [2.24, 2.45) is 0 Å². The Kier molecular flexibility index (Phi) is 3.96. The molecule has 1 aliphatic heterocycles. The van der Waals surface area contributed by atoms with Crippen LogP contribution in [-0.2, 0) is 0 Å². The molecular weight excluding hydrogens is 258 g/mol. The highest BCUT2D eigenvalue weighted by atomic mass is 15.2. The largest absolute Gasteiger partial charge is 0.311 e. The molecule has 3 rings (SSSR count). The minimum Gasteiger partial charge on any atom is -0.311 e. The first-order chi connectivity index (χ1) is 10.1. The summed E-state index contributed by atoms with van der Waals surface area (Å²) in [5.41, 5.74) is 2.52. The second-order valence-electron chi connectivity index (χ2n) is 6.49. The van der Waals surface area contributed by atoms with Crippen molar-refractivity contribution in [2.45, 2.75) is 38.3 Å². The lowest BCUT2D eigenvalue weighted by molar-refractivity contribution is 0.111. The zero-order chi connectivity index (χ0) is 14.9. The van der Waals surface area contributed by atoms with Crippen molar-refractivity contribution in [1.82, 2.24) is 15.2 Å². The van der Waals surface area contributed by atoms with E-state index in [9.17, 15) is 0 Å². The SMILES string of the molecule is CNC(c1cccc2ncccc12)C(C)(C)N1CCCC1. The second kappa shape index (κ2) is 5.74. The summed E-state index contributed by atoms with van der Waals surface area (Å²) in [7, 11) is 2.07. The Morgan fingerprint density at radius 2 is 1.90 bits per heavy atom. The van der Waals surface area contributed by atoms with Gasteiger partial charge in [0.15, 0.2) is 0 Å². The zero-order valence-electron chi connectivity index (χ0n) is 13.3. The molecular formula is C18H25N3. The molecule has 1 aromatic carbocycles. The molecule has 3 nitrogen and oxygen atoms in total. The quantitative estimate of drug-likeness (QED) is 0.932. The normalized spacial score (nSPS) is 18.2. The van der Waals surface area contributed by atoms with Crippen molar-refractivity contribution in [2.75, 3.05) is 20.1 Å². The van der Waals surface area contributed by atoms with E-state index in [1.165, 1.54) is 36.9 Å². The van der Waals surface area contributed by atoms with Crippen molar-refractivity contribution in [3.63, 3.8) is 0 Å². The third-order valence-electron chi connectivity index (χ3n) is 4.91. The van der Waals surface area contributed by atoms with E-state index in [0.29, 0.717) is 6.04 Å². The molecule has 1 atom stereocenters. The average Bonchev–Trinajstić information content (AvgIpc) is 3.03.